The average Bonchev–Trinajstić information content (AvgIpc) is 2.16. The zero-order valence-electron chi connectivity index (χ0n) is 8.79. The first-order valence-corrected chi connectivity index (χ1v) is 4.63. The van der Waals surface area contributed by atoms with Gasteiger partial charge in [0.25, 0.3) is 0 Å². The van der Waals surface area contributed by atoms with Gasteiger partial charge in [-0.1, -0.05) is 6.07 Å². The van der Waals surface area contributed by atoms with Crippen LogP contribution in [0.15, 0.2) is 24.4 Å². The summed E-state index contributed by atoms with van der Waals surface area (Å²) < 4.78 is 0. The highest BCUT2D eigenvalue weighted by molar-refractivity contribution is 5.70. The number of nitrogens with zero attached hydrogens (tertiary/aromatic N) is 2. The topological polar surface area (TPSA) is 79.7 Å². The molecule has 0 aliphatic carbocycles. The van der Waals surface area contributed by atoms with Crippen LogP contribution < -0.4 is 0 Å². The molecule has 0 fully saturated rings. The van der Waals surface area contributed by atoms with Crippen molar-refractivity contribution in [1.82, 2.24) is 10.0 Å². The zero-order chi connectivity index (χ0) is 12.0. The summed E-state index contributed by atoms with van der Waals surface area (Å²) in [4.78, 5) is 30.0. The highest BCUT2D eigenvalue weighted by Gasteiger charge is 2.13. The maximum absolute atomic E-state index is 10.7. The predicted octanol–water partition coefficient (Wildman–Crippen LogP) is 0.446. The largest absolute Gasteiger partial charge is 0.480 e. The third-order valence-electron chi connectivity index (χ3n) is 1.63. The maximum atomic E-state index is 10.7. The number of pyridine rings is 1. The summed E-state index contributed by atoms with van der Waals surface area (Å²) in [5.74, 6) is -1.63. The Kier molecular flexibility index (Phi) is 4.41. The molecular formula is C10H12N2O4. The average molecular weight is 224 g/mol. The van der Waals surface area contributed by atoms with Gasteiger partial charge < -0.3 is 9.94 Å². The van der Waals surface area contributed by atoms with Crippen LogP contribution >= 0.6 is 0 Å². The van der Waals surface area contributed by atoms with Crippen molar-refractivity contribution in [1.29, 1.82) is 0 Å². The minimum absolute atomic E-state index is 0.146. The number of rotatable bonds is 5. The van der Waals surface area contributed by atoms with Crippen LogP contribution in [0.2, 0.25) is 0 Å². The van der Waals surface area contributed by atoms with Crippen LogP contribution in [0, 0.1) is 0 Å². The molecule has 1 heterocycles. The lowest BCUT2D eigenvalue weighted by molar-refractivity contribution is -0.194. The standard InChI is InChI=1S/C10H12N2O4/c1-8(13)16-12(7-10(14)15)6-9-4-2-3-5-11-9/h2-5H,6-7H2,1H3,(H,14,15). The molecule has 0 aliphatic rings. The molecule has 0 aliphatic heterocycles. The minimum Gasteiger partial charge on any atom is -0.480 e. The number of hydrogen-bond acceptors (Lipinski definition) is 5. The van der Waals surface area contributed by atoms with Crippen LogP contribution in [-0.2, 0) is 21.0 Å². The van der Waals surface area contributed by atoms with E-state index in [2.05, 4.69) is 4.98 Å². The van der Waals surface area contributed by atoms with Gasteiger partial charge in [-0.25, -0.2) is 0 Å². The van der Waals surface area contributed by atoms with Crippen molar-refractivity contribution in [3.8, 4) is 0 Å². The summed E-state index contributed by atoms with van der Waals surface area (Å²) in [6, 6.07) is 5.24. The molecule has 0 spiro atoms. The molecule has 16 heavy (non-hydrogen) atoms. The van der Waals surface area contributed by atoms with E-state index in [1.807, 2.05) is 0 Å². The number of hydroxylamine groups is 2. The van der Waals surface area contributed by atoms with Crippen molar-refractivity contribution in [2.45, 2.75) is 13.5 Å². The van der Waals surface area contributed by atoms with E-state index in [4.69, 9.17) is 9.94 Å². The van der Waals surface area contributed by atoms with E-state index in [1.54, 1.807) is 24.4 Å². The molecule has 6 heteroatoms. The second-order valence-corrected chi connectivity index (χ2v) is 3.10. The highest BCUT2D eigenvalue weighted by Crippen LogP contribution is 2.01. The summed E-state index contributed by atoms with van der Waals surface area (Å²) in [6.07, 6.45) is 1.59. The first kappa shape index (κ1) is 12.1. The van der Waals surface area contributed by atoms with Crippen LogP contribution in [0.25, 0.3) is 0 Å². The van der Waals surface area contributed by atoms with E-state index in [9.17, 15) is 9.59 Å². The lowest BCUT2D eigenvalue weighted by Crippen LogP contribution is -2.31. The molecule has 1 aromatic heterocycles. The van der Waals surface area contributed by atoms with Crippen LogP contribution in [0.1, 0.15) is 12.6 Å². The smallest absolute Gasteiger partial charge is 0.322 e. The van der Waals surface area contributed by atoms with Crippen molar-refractivity contribution >= 4 is 11.9 Å². The van der Waals surface area contributed by atoms with Gasteiger partial charge in [-0.05, 0) is 12.1 Å². The molecule has 0 unspecified atom stereocenters. The number of carboxylic acids is 1. The van der Waals surface area contributed by atoms with Gasteiger partial charge >= 0.3 is 11.9 Å². The first-order valence-electron chi connectivity index (χ1n) is 4.63. The van der Waals surface area contributed by atoms with Crippen molar-refractivity contribution in [3.63, 3.8) is 0 Å². The Morgan fingerprint density at radius 1 is 1.50 bits per heavy atom. The fraction of sp³-hybridized carbons (Fsp3) is 0.300. The van der Waals surface area contributed by atoms with E-state index in [-0.39, 0.29) is 13.1 Å². The number of aromatic nitrogens is 1. The second kappa shape index (κ2) is 5.82. The summed E-state index contributed by atoms with van der Waals surface area (Å²) in [5.41, 5.74) is 0.630. The first-order chi connectivity index (χ1) is 7.58. The predicted molar refractivity (Wildman–Crippen MR) is 54.0 cm³/mol. The Morgan fingerprint density at radius 3 is 2.75 bits per heavy atom. The Labute approximate surface area is 92.4 Å². The molecule has 0 aromatic carbocycles. The van der Waals surface area contributed by atoms with Crippen molar-refractivity contribution in [2.75, 3.05) is 6.54 Å². The summed E-state index contributed by atoms with van der Waals surface area (Å²) >= 11 is 0. The molecule has 6 nitrogen and oxygen atoms in total. The van der Waals surface area contributed by atoms with Gasteiger partial charge in [0, 0.05) is 13.1 Å². The second-order valence-electron chi connectivity index (χ2n) is 3.10. The monoisotopic (exact) mass is 224 g/mol. The summed E-state index contributed by atoms with van der Waals surface area (Å²) in [5, 5.41) is 9.67. The molecule has 1 N–H and O–H groups in total. The van der Waals surface area contributed by atoms with Gasteiger partial charge in [0.1, 0.15) is 6.54 Å². The SMILES string of the molecule is CC(=O)ON(CC(=O)O)Cc1ccccn1. The highest BCUT2D eigenvalue weighted by atomic mass is 16.7. The normalized spacial score (nSPS) is 10.1. The van der Waals surface area contributed by atoms with Gasteiger partial charge in [0.05, 0.1) is 12.2 Å². The fourth-order valence-corrected chi connectivity index (χ4v) is 1.13. The molecule has 86 valence electrons. The number of carbonyl (C=O) groups excluding carboxylic acids is 1. The Hall–Kier alpha value is -1.95. The molecule has 0 radical (unpaired) electrons. The zero-order valence-corrected chi connectivity index (χ0v) is 8.79. The number of aliphatic carboxylic acids is 1. The molecule has 0 atom stereocenters. The van der Waals surface area contributed by atoms with E-state index < -0.39 is 11.9 Å². The third-order valence-corrected chi connectivity index (χ3v) is 1.63. The molecule has 0 saturated heterocycles. The number of hydrogen-bond donors (Lipinski definition) is 1. The van der Waals surface area contributed by atoms with Gasteiger partial charge in [-0.3, -0.25) is 14.6 Å². The van der Waals surface area contributed by atoms with E-state index in [1.165, 1.54) is 6.92 Å². The lowest BCUT2D eigenvalue weighted by Gasteiger charge is -2.17. The van der Waals surface area contributed by atoms with E-state index >= 15 is 0 Å². The van der Waals surface area contributed by atoms with Crippen LogP contribution in [0.4, 0.5) is 0 Å². The van der Waals surface area contributed by atoms with Gasteiger partial charge in [-0.15, -0.1) is 5.06 Å². The quantitative estimate of drug-likeness (QED) is 0.731. The molecule has 0 saturated carbocycles. The van der Waals surface area contributed by atoms with Crippen LogP contribution in [0.3, 0.4) is 0 Å². The van der Waals surface area contributed by atoms with Gasteiger partial charge in [0.15, 0.2) is 0 Å². The van der Waals surface area contributed by atoms with E-state index in [0.717, 1.165) is 5.06 Å². The fourth-order valence-electron chi connectivity index (χ4n) is 1.13. The Balaban J connectivity index is 2.63. The number of carboxylic acid groups (broad SMARTS) is 1. The lowest BCUT2D eigenvalue weighted by atomic mass is 10.3. The van der Waals surface area contributed by atoms with Gasteiger partial charge in [-0.2, -0.15) is 0 Å². The van der Waals surface area contributed by atoms with Crippen molar-refractivity contribution < 1.29 is 19.5 Å². The molecule has 1 aromatic rings. The molecular weight excluding hydrogens is 212 g/mol. The number of carbonyl (C=O) groups is 2. The van der Waals surface area contributed by atoms with Gasteiger partial charge in [0.2, 0.25) is 0 Å². The van der Waals surface area contributed by atoms with E-state index in [0.29, 0.717) is 5.69 Å². The van der Waals surface area contributed by atoms with Crippen molar-refractivity contribution in [2.24, 2.45) is 0 Å². The Bertz CT molecular complexity index is 350. The third kappa shape index (κ3) is 4.52. The molecule has 0 bridgehead atoms. The Morgan fingerprint density at radius 2 is 2.25 bits per heavy atom. The maximum Gasteiger partial charge on any atom is 0.322 e. The minimum atomic E-state index is -1.07. The van der Waals surface area contributed by atoms with Crippen LogP contribution in [-0.4, -0.2) is 33.6 Å². The van der Waals surface area contributed by atoms with Crippen LogP contribution in [0.5, 0.6) is 0 Å². The molecule has 1 rings (SSSR count). The summed E-state index contributed by atoms with van der Waals surface area (Å²) in [6.45, 7) is 0.982. The molecule has 0 amide bonds. The van der Waals surface area contributed by atoms with Crippen molar-refractivity contribution in [3.05, 3.63) is 30.1 Å². The summed E-state index contributed by atoms with van der Waals surface area (Å²) in [7, 11) is 0.